The summed E-state index contributed by atoms with van der Waals surface area (Å²) in [5, 5.41) is 11.4. The molecule has 0 radical (unpaired) electrons. The third kappa shape index (κ3) is 3.78. The quantitative estimate of drug-likeness (QED) is 0.540. The zero-order valence-corrected chi connectivity index (χ0v) is 14.3. The summed E-state index contributed by atoms with van der Waals surface area (Å²) in [6.45, 7) is 4.09. The average molecular weight is 338 g/mol. The molecular formula is C18H18N4OS. The monoisotopic (exact) mass is 338 g/mol. The Morgan fingerprint density at radius 1 is 1.12 bits per heavy atom. The van der Waals surface area contributed by atoms with Crippen molar-refractivity contribution in [2.24, 2.45) is 5.10 Å². The summed E-state index contributed by atoms with van der Waals surface area (Å²) >= 11 is 5.23. The van der Waals surface area contributed by atoms with Gasteiger partial charge in [0.25, 0.3) is 0 Å². The molecule has 0 fully saturated rings. The van der Waals surface area contributed by atoms with E-state index in [9.17, 15) is 0 Å². The van der Waals surface area contributed by atoms with Gasteiger partial charge in [-0.25, -0.2) is 0 Å². The van der Waals surface area contributed by atoms with E-state index in [4.69, 9.17) is 17.0 Å². The lowest BCUT2D eigenvalue weighted by Gasteiger charge is -2.06. The van der Waals surface area contributed by atoms with Gasteiger partial charge >= 0.3 is 0 Å². The van der Waals surface area contributed by atoms with Gasteiger partial charge in [-0.2, -0.15) is 14.9 Å². The third-order valence-corrected chi connectivity index (χ3v) is 3.62. The van der Waals surface area contributed by atoms with Gasteiger partial charge in [0.15, 0.2) is 5.82 Å². The van der Waals surface area contributed by atoms with E-state index in [2.05, 4.69) is 15.3 Å². The van der Waals surface area contributed by atoms with Crippen LogP contribution in [0.3, 0.4) is 0 Å². The highest BCUT2D eigenvalue weighted by Crippen LogP contribution is 2.21. The van der Waals surface area contributed by atoms with Crippen LogP contribution in [0.1, 0.15) is 31.2 Å². The molecule has 0 unspecified atom stereocenters. The highest BCUT2D eigenvalue weighted by molar-refractivity contribution is 7.71. The molecule has 0 spiro atoms. The van der Waals surface area contributed by atoms with Crippen molar-refractivity contribution in [1.82, 2.24) is 14.9 Å². The number of aromatic nitrogens is 3. The van der Waals surface area contributed by atoms with Gasteiger partial charge in [0, 0.05) is 5.92 Å². The summed E-state index contributed by atoms with van der Waals surface area (Å²) in [7, 11) is 0. The van der Waals surface area contributed by atoms with Gasteiger partial charge in [-0.15, -0.1) is 0 Å². The lowest BCUT2D eigenvalue weighted by Crippen LogP contribution is -2.00. The average Bonchev–Trinajstić information content (AvgIpc) is 2.95. The molecule has 0 bridgehead atoms. The number of nitrogens with one attached hydrogen (secondary N) is 1. The van der Waals surface area contributed by atoms with Gasteiger partial charge in [-0.3, -0.25) is 5.10 Å². The second kappa shape index (κ2) is 7.23. The van der Waals surface area contributed by atoms with Crippen molar-refractivity contribution in [3.8, 4) is 11.5 Å². The smallest absolute Gasteiger partial charge is 0.216 e. The predicted octanol–water partition coefficient (Wildman–Crippen LogP) is 4.74. The summed E-state index contributed by atoms with van der Waals surface area (Å²) in [5.41, 5.74) is 0.918. The molecular weight excluding hydrogens is 320 g/mol. The van der Waals surface area contributed by atoms with E-state index in [0.717, 1.165) is 22.9 Å². The molecule has 0 aliphatic carbocycles. The predicted molar refractivity (Wildman–Crippen MR) is 97.5 cm³/mol. The number of nitrogens with zero attached hydrogens (tertiary/aromatic N) is 3. The van der Waals surface area contributed by atoms with Crippen molar-refractivity contribution < 1.29 is 4.74 Å². The van der Waals surface area contributed by atoms with Gasteiger partial charge in [0.1, 0.15) is 11.5 Å². The summed E-state index contributed by atoms with van der Waals surface area (Å²) in [5.74, 6) is 2.58. The van der Waals surface area contributed by atoms with Crippen LogP contribution in [0.15, 0.2) is 59.7 Å². The molecule has 24 heavy (non-hydrogen) atoms. The molecule has 1 heterocycles. The fourth-order valence-corrected chi connectivity index (χ4v) is 2.38. The van der Waals surface area contributed by atoms with E-state index in [1.54, 1.807) is 10.9 Å². The van der Waals surface area contributed by atoms with E-state index in [1.807, 2.05) is 68.4 Å². The van der Waals surface area contributed by atoms with Crippen LogP contribution in [0, 0.1) is 4.77 Å². The Balaban J connectivity index is 1.82. The van der Waals surface area contributed by atoms with E-state index < -0.39 is 0 Å². The van der Waals surface area contributed by atoms with Crippen molar-refractivity contribution in [1.29, 1.82) is 0 Å². The molecule has 0 atom stereocenters. The lowest BCUT2D eigenvalue weighted by atomic mass is 10.2. The molecule has 3 rings (SSSR count). The Bertz CT molecular complexity index is 897. The SMILES string of the molecule is CC(C)c1n[nH]c(=S)n1/N=C\c1cccc(Oc2ccccc2)c1. The first kappa shape index (κ1) is 16.1. The topological polar surface area (TPSA) is 55.2 Å². The maximum absolute atomic E-state index is 5.83. The normalized spacial score (nSPS) is 11.3. The van der Waals surface area contributed by atoms with Crippen LogP contribution in [0.5, 0.6) is 11.5 Å². The molecule has 1 aromatic heterocycles. The van der Waals surface area contributed by atoms with Crippen molar-refractivity contribution in [3.05, 3.63) is 70.8 Å². The Morgan fingerprint density at radius 2 is 1.88 bits per heavy atom. The first-order valence-corrected chi connectivity index (χ1v) is 8.09. The fourth-order valence-electron chi connectivity index (χ4n) is 2.20. The summed E-state index contributed by atoms with van der Waals surface area (Å²) < 4.78 is 7.96. The van der Waals surface area contributed by atoms with Crippen molar-refractivity contribution in [3.63, 3.8) is 0 Å². The van der Waals surface area contributed by atoms with Crippen molar-refractivity contribution in [2.45, 2.75) is 19.8 Å². The molecule has 2 aromatic carbocycles. The number of para-hydroxylation sites is 1. The second-order valence-corrected chi connectivity index (χ2v) is 5.97. The first-order valence-electron chi connectivity index (χ1n) is 7.68. The summed E-state index contributed by atoms with van der Waals surface area (Å²) in [6, 6.07) is 17.4. The highest BCUT2D eigenvalue weighted by Gasteiger charge is 2.08. The van der Waals surface area contributed by atoms with Crippen molar-refractivity contribution >= 4 is 18.4 Å². The minimum atomic E-state index is 0.225. The van der Waals surface area contributed by atoms with Crippen LogP contribution >= 0.6 is 12.2 Å². The minimum Gasteiger partial charge on any atom is -0.457 e. The van der Waals surface area contributed by atoms with Crippen LogP contribution in [0.2, 0.25) is 0 Å². The molecule has 0 saturated carbocycles. The van der Waals surface area contributed by atoms with Crippen LogP contribution in [-0.4, -0.2) is 21.1 Å². The molecule has 0 saturated heterocycles. The van der Waals surface area contributed by atoms with Crippen LogP contribution < -0.4 is 4.74 Å². The molecule has 0 aliphatic heterocycles. The third-order valence-electron chi connectivity index (χ3n) is 3.35. The number of hydrogen-bond donors (Lipinski definition) is 1. The Labute approximate surface area is 145 Å². The molecule has 5 nitrogen and oxygen atoms in total. The summed E-state index contributed by atoms with van der Waals surface area (Å²) in [6.07, 6.45) is 1.75. The molecule has 0 amide bonds. The standard InChI is InChI=1S/C18H18N4OS/c1-13(2)17-20-21-18(24)22(17)19-12-14-7-6-10-16(11-14)23-15-8-4-3-5-9-15/h3-13H,1-2H3,(H,21,24)/b19-12-. The number of rotatable bonds is 5. The first-order chi connectivity index (χ1) is 11.6. The molecule has 122 valence electrons. The van der Waals surface area contributed by atoms with E-state index in [1.165, 1.54) is 0 Å². The maximum Gasteiger partial charge on any atom is 0.216 e. The summed E-state index contributed by atoms with van der Waals surface area (Å²) in [4.78, 5) is 0. The van der Waals surface area contributed by atoms with Crippen molar-refractivity contribution in [2.75, 3.05) is 0 Å². The van der Waals surface area contributed by atoms with Gasteiger partial charge in [0.2, 0.25) is 4.77 Å². The van der Waals surface area contributed by atoms with E-state index in [-0.39, 0.29) is 5.92 Å². The molecule has 1 N–H and O–H groups in total. The zero-order chi connectivity index (χ0) is 16.9. The van der Waals surface area contributed by atoms with Gasteiger partial charge in [-0.05, 0) is 42.0 Å². The molecule has 0 aliphatic rings. The number of hydrogen-bond acceptors (Lipinski definition) is 4. The van der Waals surface area contributed by atoms with Crippen LogP contribution in [0.25, 0.3) is 0 Å². The van der Waals surface area contributed by atoms with Gasteiger partial charge in [0.05, 0.1) is 6.21 Å². The molecule has 6 heteroatoms. The van der Waals surface area contributed by atoms with Gasteiger partial charge < -0.3 is 4.74 Å². The number of benzene rings is 2. The number of ether oxygens (including phenoxy) is 1. The highest BCUT2D eigenvalue weighted by atomic mass is 32.1. The zero-order valence-electron chi connectivity index (χ0n) is 13.5. The van der Waals surface area contributed by atoms with Crippen LogP contribution in [-0.2, 0) is 0 Å². The fraction of sp³-hybridized carbons (Fsp3) is 0.167. The Kier molecular flexibility index (Phi) is 4.86. The Morgan fingerprint density at radius 3 is 2.62 bits per heavy atom. The largest absolute Gasteiger partial charge is 0.457 e. The van der Waals surface area contributed by atoms with Crippen LogP contribution in [0.4, 0.5) is 0 Å². The van der Waals surface area contributed by atoms with E-state index in [0.29, 0.717) is 4.77 Å². The molecule has 3 aromatic rings. The van der Waals surface area contributed by atoms with E-state index >= 15 is 0 Å². The maximum atomic E-state index is 5.83. The second-order valence-electron chi connectivity index (χ2n) is 5.59. The Hall–Kier alpha value is -2.73. The number of H-pyrrole nitrogens is 1. The van der Waals surface area contributed by atoms with Gasteiger partial charge in [-0.1, -0.05) is 44.2 Å². The number of aromatic amines is 1. The minimum absolute atomic E-state index is 0.225. The lowest BCUT2D eigenvalue weighted by molar-refractivity contribution is 0.482.